The van der Waals surface area contributed by atoms with Crippen molar-refractivity contribution in [2.75, 3.05) is 13.1 Å². The van der Waals surface area contributed by atoms with Gasteiger partial charge in [0.05, 0.1) is 0 Å². The zero-order valence-electron chi connectivity index (χ0n) is 10.0. The van der Waals surface area contributed by atoms with E-state index in [0.29, 0.717) is 22.3 Å². The van der Waals surface area contributed by atoms with Crippen LogP contribution in [0, 0.1) is 6.92 Å². The minimum atomic E-state index is -3.37. The van der Waals surface area contributed by atoms with Gasteiger partial charge in [-0.25, -0.2) is 4.31 Å². The van der Waals surface area contributed by atoms with E-state index >= 15 is 0 Å². The standard InChI is InChI=1S/C13H17NO2S/c1-4-10-14(11-5-2)17(15,16)13-8-6-12(3)7-9-13/h4-9H,1-2,10-11H2,3H3/p+1. The summed E-state index contributed by atoms with van der Waals surface area (Å²) in [6, 6.07) is 6.87. The van der Waals surface area contributed by atoms with Gasteiger partial charge in [-0.05, 0) is 31.2 Å². The van der Waals surface area contributed by atoms with E-state index in [0.717, 1.165) is 5.56 Å². The molecule has 0 aliphatic heterocycles. The second-order valence-electron chi connectivity index (χ2n) is 3.84. The van der Waals surface area contributed by atoms with Crippen molar-refractivity contribution >= 4 is 10.0 Å². The highest BCUT2D eigenvalue weighted by Crippen LogP contribution is 2.07. The van der Waals surface area contributed by atoms with Crippen molar-refractivity contribution < 1.29 is 12.7 Å². The third kappa shape index (κ3) is 3.28. The van der Waals surface area contributed by atoms with Gasteiger partial charge in [0.2, 0.25) is 0 Å². The lowest BCUT2D eigenvalue weighted by molar-refractivity contribution is -0.752. The van der Waals surface area contributed by atoms with Crippen LogP contribution in [0.1, 0.15) is 5.56 Å². The lowest BCUT2D eigenvalue weighted by Crippen LogP contribution is -3.13. The summed E-state index contributed by atoms with van der Waals surface area (Å²) in [4.78, 5) is 0.335. The molecular formula is C13H18NO2S+. The molecular weight excluding hydrogens is 234 g/mol. The third-order valence-corrected chi connectivity index (χ3v) is 4.44. The van der Waals surface area contributed by atoms with Gasteiger partial charge < -0.3 is 0 Å². The first-order chi connectivity index (χ1) is 8.02. The molecule has 92 valence electrons. The molecule has 3 nitrogen and oxygen atoms in total. The molecule has 0 aromatic heterocycles. The van der Waals surface area contributed by atoms with Crippen molar-refractivity contribution in [3.8, 4) is 0 Å². The van der Waals surface area contributed by atoms with Gasteiger partial charge in [-0.3, -0.25) is 0 Å². The number of quaternary nitrogens is 1. The molecule has 4 heteroatoms. The summed E-state index contributed by atoms with van der Waals surface area (Å²) in [5, 5.41) is 0. The van der Waals surface area contributed by atoms with E-state index in [1.807, 2.05) is 6.92 Å². The van der Waals surface area contributed by atoms with Crippen molar-refractivity contribution in [2.45, 2.75) is 11.8 Å². The maximum atomic E-state index is 12.3. The monoisotopic (exact) mass is 252 g/mol. The number of aryl methyl sites for hydroxylation is 1. The molecule has 0 saturated heterocycles. The number of nitrogens with one attached hydrogen (secondary N) is 1. The molecule has 1 aromatic rings. The molecule has 0 spiro atoms. The Morgan fingerprint density at radius 2 is 1.59 bits per heavy atom. The molecule has 0 aliphatic rings. The summed E-state index contributed by atoms with van der Waals surface area (Å²) < 4.78 is 25.0. The first kappa shape index (κ1) is 13.7. The van der Waals surface area contributed by atoms with Crippen molar-refractivity contribution in [3.63, 3.8) is 0 Å². The Bertz CT molecular complexity index is 479. The number of rotatable bonds is 6. The van der Waals surface area contributed by atoms with Gasteiger partial charge >= 0.3 is 10.0 Å². The van der Waals surface area contributed by atoms with Gasteiger partial charge in [0.25, 0.3) is 0 Å². The van der Waals surface area contributed by atoms with Gasteiger partial charge in [-0.15, -0.1) is 0 Å². The minimum absolute atomic E-state index is 0.335. The van der Waals surface area contributed by atoms with Crippen molar-refractivity contribution in [3.05, 3.63) is 55.1 Å². The topological polar surface area (TPSA) is 38.6 Å². The molecule has 0 aliphatic carbocycles. The summed E-state index contributed by atoms with van der Waals surface area (Å²) in [5.41, 5.74) is 1.04. The van der Waals surface area contributed by atoms with E-state index in [1.54, 1.807) is 36.4 Å². The van der Waals surface area contributed by atoms with Crippen molar-refractivity contribution in [1.82, 2.24) is 0 Å². The zero-order valence-corrected chi connectivity index (χ0v) is 10.8. The van der Waals surface area contributed by atoms with Crippen LogP contribution in [0.2, 0.25) is 0 Å². The lowest BCUT2D eigenvalue weighted by atomic mass is 10.2. The van der Waals surface area contributed by atoms with Crippen LogP contribution >= 0.6 is 0 Å². The second kappa shape index (κ2) is 5.80. The zero-order chi connectivity index (χ0) is 12.9. The Labute approximate surface area is 103 Å². The van der Waals surface area contributed by atoms with Crippen LogP contribution in [-0.2, 0) is 10.0 Å². The van der Waals surface area contributed by atoms with E-state index in [2.05, 4.69) is 13.2 Å². The van der Waals surface area contributed by atoms with Crippen LogP contribution < -0.4 is 4.31 Å². The third-order valence-electron chi connectivity index (χ3n) is 2.46. The molecule has 1 aromatic carbocycles. The van der Waals surface area contributed by atoms with Crippen molar-refractivity contribution in [1.29, 1.82) is 0 Å². The maximum absolute atomic E-state index is 12.3. The summed E-state index contributed by atoms with van der Waals surface area (Å²) in [5.74, 6) is 0. The molecule has 1 rings (SSSR count). The van der Waals surface area contributed by atoms with Crippen LogP contribution in [0.3, 0.4) is 0 Å². The molecule has 0 saturated carbocycles. The van der Waals surface area contributed by atoms with Gasteiger partial charge in [0, 0.05) is 0 Å². The molecule has 0 heterocycles. The van der Waals surface area contributed by atoms with Gasteiger partial charge in [0.15, 0.2) is 0 Å². The molecule has 0 radical (unpaired) electrons. The number of benzene rings is 1. The number of sulfonamides is 1. The molecule has 1 N–H and O–H groups in total. The highest BCUT2D eigenvalue weighted by Gasteiger charge is 2.25. The second-order valence-corrected chi connectivity index (χ2v) is 5.90. The Balaban J connectivity index is 3.10. The summed E-state index contributed by atoms with van der Waals surface area (Å²) in [6.07, 6.45) is 3.20. The van der Waals surface area contributed by atoms with Crippen LogP contribution in [0.15, 0.2) is 54.5 Å². The molecule has 0 amide bonds. The van der Waals surface area contributed by atoms with E-state index in [9.17, 15) is 8.42 Å². The van der Waals surface area contributed by atoms with E-state index < -0.39 is 10.0 Å². The smallest absolute Gasteiger partial charge is 0.219 e. The average Bonchev–Trinajstić information content (AvgIpc) is 2.29. The quantitative estimate of drug-likeness (QED) is 0.765. The fraction of sp³-hybridized carbons (Fsp3) is 0.231. The average molecular weight is 252 g/mol. The molecule has 0 atom stereocenters. The Kier molecular flexibility index (Phi) is 4.66. The highest BCUT2D eigenvalue weighted by atomic mass is 32.2. The molecule has 17 heavy (non-hydrogen) atoms. The Hall–Kier alpha value is -1.39. The minimum Gasteiger partial charge on any atom is -0.219 e. The molecule has 0 unspecified atom stereocenters. The predicted molar refractivity (Wildman–Crippen MR) is 69.5 cm³/mol. The van der Waals surface area contributed by atoms with Crippen LogP contribution in [0.25, 0.3) is 0 Å². The van der Waals surface area contributed by atoms with Crippen LogP contribution in [0.5, 0.6) is 0 Å². The Morgan fingerprint density at radius 1 is 1.12 bits per heavy atom. The van der Waals surface area contributed by atoms with E-state index in [1.165, 1.54) is 0 Å². The Morgan fingerprint density at radius 3 is 2.00 bits per heavy atom. The van der Waals surface area contributed by atoms with E-state index in [-0.39, 0.29) is 0 Å². The largest absolute Gasteiger partial charge is 0.326 e. The SMILES string of the molecule is C=CC[NH+](CC=C)S(=O)(=O)c1ccc(C)cc1. The summed E-state index contributed by atoms with van der Waals surface area (Å²) >= 11 is 0. The van der Waals surface area contributed by atoms with Gasteiger partial charge in [-0.2, -0.15) is 8.42 Å². The molecule has 0 fully saturated rings. The highest BCUT2D eigenvalue weighted by molar-refractivity contribution is 7.85. The van der Waals surface area contributed by atoms with Crippen molar-refractivity contribution in [2.24, 2.45) is 0 Å². The predicted octanol–water partition coefficient (Wildman–Crippen LogP) is 0.941. The first-order valence-corrected chi connectivity index (χ1v) is 6.89. The lowest BCUT2D eigenvalue weighted by Gasteiger charge is -2.15. The number of hydrogen-bond donors (Lipinski definition) is 1. The maximum Gasteiger partial charge on any atom is 0.326 e. The summed E-state index contributed by atoms with van der Waals surface area (Å²) in [7, 11) is -3.37. The van der Waals surface area contributed by atoms with Gasteiger partial charge in [-0.1, -0.05) is 30.9 Å². The fourth-order valence-corrected chi connectivity index (χ4v) is 3.01. The van der Waals surface area contributed by atoms with Gasteiger partial charge in [0.1, 0.15) is 18.0 Å². The normalized spacial score (nSPS) is 11.4. The summed E-state index contributed by atoms with van der Waals surface area (Å²) in [6.45, 7) is 9.82. The fourth-order valence-electron chi connectivity index (χ4n) is 1.51. The number of hydrogen-bond acceptors (Lipinski definition) is 2. The molecule has 0 bridgehead atoms. The van der Waals surface area contributed by atoms with Crippen LogP contribution in [-0.4, -0.2) is 21.5 Å². The van der Waals surface area contributed by atoms with Crippen LogP contribution in [0.4, 0.5) is 0 Å². The van der Waals surface area contributed by atoms with E-state index in [4.69, 9.17) is 0 Å². The first-order valence-electron chi connectivity index (χ1n) is 5.40.